The number of phenolic OH excluding ortho intramolecular Hbond substituents is 2. The van der Waals surface area contributed by atoms with Crippen molar-refractivity contribution in [1.29, 1.82) is 0 Å². The van der Waals surface area contributed by atoms with E-state index < -0.39 is 17.9 Å². The quantitative estimate of drug-likeness (QED) is 0.428. The van der Waals surface area contributed by atoms with Gasteiger partial charge in [0.05, 0.1) is 5.56 Å². The molecule has 0 saturated heterocycles. The maximum absolute atomic E-state index is 12.4. The second kappa shape index (κ2) is 7.41. The molecule has 2 atom stereocenters. The molecular formula is C20H20N2O5. The summed E-state index contributed by atoms with van der Waals surface area (Å²) < 4.78 is 0. The van der Waals surface area contributed by atoms with Gasteiger partial charge in [-0.05, 0) is 42.2 Å². The Balaban J connectivity index is 1.78. The van der Waals surface area contributed by atoms with E-state index in [4.69, 9.17) is 0 Å². The van der Waals surface area contributed by atoms with Crippen LogP contribution in [0.25, 0.3) is 10.9 Å². The van der Waals surface area contributed by atoms with Crippen LogP contribution < -0.4 is 5.32 Å². The fourth-order valence-corrected chi connectivity index (χ4v) is 3.15. The van der Waals surface area contributed by atoms with Crippen LogP contribution in [0.5, 0.6) is 11.5 Å². The lowest BCUT2D eigenvalue weighted by molar-refractivity contribution is -0.139. The van der Waals surface area contributed by atoms with E-state index in [9.17, 15) is 24.9 Å². The molecule has 0 fully saturated rings. The lowest BCUT2D eigenvalue weighted by atomic mass is 9.93. The fourth-order valence-electron chi connectivity index (χ4n) is 3.15. The van der Waals surface area contributed by atoms with Crippen molar-refractivity contribution in [2.24, 2.45) is 0 Å². The Hall–Kier alpha value is -3.48. The third kappa shape index (κ3) is 3.87. The number of para-hydroxylation sites is 1. The third-order valence-electron chi connectivity index (χ3n) is 4.57. The smallest absolute Gasteiger partial charge is 0.326 e. The van der Waals surface area contributed by atoms with Crippen LogP contribution in [0.1, 0.15) is 35.2 Å². The van der Waals surface area contributed by atoms with Gasteiger partial charge in [-0.3, -0.25) is 4.79 Å². The number of H-pyrrole nitrogens is 1. The summed E-state index contributed by atoms with van der Waals surface area (Å²) in [7, 11) is 0. The highest BCUT2D eigenvalue weighted by atomic mass is 16.4. The highest BCUT2D eigenvalue weighted by Crippen LogP contribution is 2.29. The average Bonchev–Trinajstić information content (AvgIpc) is 3.07. The summed E-state index contributed by atoms with van der Waals surface area (Å²) in [6.45, 7) is 1.89. The summed E-state index contributed by atoms with van der Waals surface area (Å²) in [4.78, 5) is 27.2. The van der Waals surface area contributed by atoms with Crippen molar-refractivity contribution in [3.05, 3.63) is 59.8 Å². The fraction of sp³-hybridized carbons (Fsp3) is 0.200. The number of rotatable bonds is 6. The van der Waals surface area contributed by atoms with Gasteiger partial charge in [0.1, 0.15) is 17.5 Å². The standard InChI is InChI=1S/C20H20N2O5/c1-11(15-10-21-16-5-3-2-4-13(15)16)8-17(20(26)27)22-19(25)14-9-12(23)6-7-18(14)24/h2-7,9-11,17,21,23-24H,8H2,1H3,(H,22,25)(H,26,27)/t11-,17?/m1/s1. The van der Waals surface area contributed by atoms with Gasteiger partial charge in [0.2, 0.25) is 0 Å². The number of fused-ring (bicyclic) bond motifs is 1. The highest BCUT2D eigenvalue weighted by Gasteiger charge is 2.26. The minimum absolute atomic E-state index is 0.139. The van der Waals surface area contributed by atoms with Crippen molar-refractivity contribution in [2.75, 3.05) is 0 Å². The van der Waals surface area contributed by atoms with E-state index in [1.807, 2.05) is 37.4 Å². The van der Waals surface area contributed by atoms with E-state index in [1.165, 1.54) is 12.1 Å². The first kappa shape index (κ1) is 18.3. The molecule has 3 rings (SSSR count). The number of amides is 1. The van der Waals surface area contributed by atoms with Gasteiger partial charge >= 0.3 is 5.97 Å². The number of aromatic amines is 1. The molecule has 0 radical (unpaired) electrons. The van der Waals surface area contributed by atoms with E-state index in [0.29, 0.717) is 0 Å². The molecule has 27 heavy (non-hydrogen) atoms. The number of aromatic hydroxyl groups is 2. The van der Waals surface area contributed by atoms with Gasteiger partial charge in [0, 0.05) is 17.1 Å². The minimum Gasteiger partial charge on any atom is -0.508 e. The van der Waals surface area contributed by atoms with E-state index >= 15 is 0 Å². The monoisotopic (exact) mass is 368 g/mol. The number of hydrogen-bond acceptors (Lipinski definition) is 4. The van der Waals surface area contributed by atoms with Crippen LogP contribution in [0.15, 0.2) is 48.7 Å². The van der Waals surface area contributed by atoms with Gasteiger partial charge < -0.3 is 25.6 Å². The number of carbonyl (C=O) groups excluding carboxylic acids is 1. The molecule has 0 aliphatic rings. The van der Waals surface area contributed by atoms with Gasteiger partial charge in [-0.25, -0.2) is 4.79 Å². The van der Waals surface area contributed by atoms with Crippen LogP contribution in [0.3, 0.4) is 0 Å². The third-order valence-corrected chi connectivity index (χ3v) is 4.57. The molecule has 1 unspecified atom stereocenters. The maximum Gasteiger partial charge on any atom is 0.326 e. The van der Waals surface area contributed by atoms with Crippen molar-refractivity contribution in [1.82, 2.24) is 10.3 Å². The Labute approximate surface area is 155 Å². The molecule has 5 N–H and O–H groups in total. The Morgan fingerprint density at radius 3 is 2.63 bits per heavy atom. The lowest BCUT2D eigenvalue weighted by Gasteiger charge is -2.19. The molecule has 0 saturated carbocycles. The zero-order chi connectivity index (χ0) is 19.6. The Kier molecular flexibility index (Phi) is 5.03. The highest BCUT2D eigenvalue weighted by molar-refractivity contribution is 5.99. The van der Waals surface area contributed by atoms with Crippen LogP contribution in [-0.2, 0) is 4.79 Å². The van der Waals surface area contributed by atoms with Crippen LogP contribution in [0, 0.1) is 0 Å². The summed E-state index contributed by atoms with van der Waals surface area (Å²) in [5.41, 5.74) is 1.74. The molecule has 2 aromatic carbocycles. The van der Waals surface area contributed by atoms with Gasteiger partial charge in [0.15, 0.2) is 0 Å². The van der Waals surface area contributed by atoms with Crippen LogP contribution in [0.2, 0.25) is 0 Å². The topological polar surface area (TPSA) is 123 Å². The van der Waals surface area contributed by atoms with E-state index in [-0.39, 0.29) is 29.4 Å². The molecule has 0 spiro atoms. The van der Waals surface area contributed by atoms with Crippen molar-refractivity contribution in [3.63, 3.8) is 0 Å². The van der Waals surface area contributed by atoms with Crippen molar-refractivity contribution < 1.29 is 24.9 Å². The van der Waals surface area contributed by atoms with Crippen LogP contribution in [0.4, 0.5) is 0 Å². The molecular weight excluding hydrogens is 348 g/mol. The molecule has 0 aliphatic heterocycles. The van der Waals surface area contributed by atoms with Gasteiger partial charge in [0.25, 0.3) is 5.91 Å². The first-order valence-corrected chi connectivity index (χ1v) is 8.48. The zero-order valence-electron chi connectivity index (χ0n) is 14.6. The number of phenols is 2. The summed E-state index contributed by atoms with van der Waals surface area (Å²) >= 11 is 0. The molecule has 1 heterocycles. The number of carboxylic acids is 1. The number of nitrogens with one attached hydrogen (secondary N) is 2. The Morgan fingerprint density at radius 2 is 1.89 bits per heavy atom. The molecule has 7 heteroatoms. The number of aromatic nitrogens is 1. The zero-order valence-corrected chi connectivity index (χ0v) is 14.6. The van der Waals surface area contributed by atoms with Gasteiger partial charge in [-0.2, -0.15) is 0 Å². The van der Waals surface area contributed by atoms with Crippen LogP contribution in [-0.4, -0.2) is 38.2 Å². The number of aliphatic carboxylic acids is 1. The molecule has 1 aromatic heterocycles. The normalized spacial score (nSPS) is 13.2. The molecule has 1 amide bonds. The van der Waals surface area contributed by atoms with Crippen molar-refractivity contribution in [2.45, 2.75) is 25.3 Å². The SMILES string of the molecule is C[C@H](CC(NC(=O)c1cc(O)ccc1O)C(=O)O)c1c[nH]c2ccccc12. The Morgan fingerprint density at radius 1 is 1.15 bits per heavy atom. The molecule has 0 aliphatic carbocycles. The van der Waals surface area contributed by atoms with Crippen LogP contribution >= 0.6 is 0 Å². The van der Waals surface area contributed by atoms with Crippen molar-refractivity contribution >= 4 is 22.8 Å². The average molecular weight is 368 g/mol. The van der Waals surface area contributed by atoms with E-state index in [2.05, 4.69) is 10.3 Å². The van der Waals surface area contributed by atoms with Crippen molar-refractivity contribution in [3.8, 4) is 11.5 Å². The maximum atomic E-state index is 12.4. The number of carbonyl (C=O) groups is 2. The summed E-state index contributed by atoms with van der Waals surface area (Å²) in [6, 6.07) is 10.1. The predicted octanol–water partition coefficient (Wildman–Crippen LogP) is 2.96. The molecule has 0 bridgehead atoms. The lowest BCUT2D eigenvalue weighted by Crippen LogP contribution is -2.41. The minimum atomic E-state index is -1.17. The van der Waals surface area contributed by atoms with E-state index in [0.717, 1.165) is 22.5 Å². The number of hydrogen-bond donors (Lipinski definition) is 5. The van der Waals surface area contributed by atoms with E-state index in [1.54, 1.807) is 0 Å². The first-order valence-electron chi connectivity index (χ1n) is 8.48. The summed E-state index contributed by atoms with van der Waals surface area (Å²) in [6.07, 6.45) is 2.01. The Bertz CT molecular complexity index is 995. The molecule has 140 valence electrons. The second-order valence-corrected chi connectivity index (χ2v) is 6.49. The predicted molar refractivity (Wildman–Crippen MR) is 100.0 cm³/mol. The van der Waals surface area contributed by atoms with Gasteiger partial charge in [-0.15, -0.1) is 0 Å². The molecule has 7 nitrogen and oxygen atoms in total. The molecule has 3 aromatic rings. The largest absolute Gasteiger partial charge is 0.508 e. The first-order chi connectivity index (χ1) is 12.9. The van der Waals surface area contributed by atoms with Gasteiger partial charge in [-0.1, -0.05) is 25.1 Å². The second-order valence-electron chi connectivity index (χ2n) is 6.49. The summed E-state index contributed by atoms with van der Waals surface area (Å²) in [5.74, 6) is -2.60. The number of benzene rings is 2. The summed E-state index contributed by atoms with van der Waals surface area (Å²) in [5, 5.41) is 32.2. The number of carboxylic acid groups (broad SMARTS) is 1.